The number of rotatable bonds is 10. The fraction of sp³-hybridized carbons (Fsp3) is 0.125. The number of hydrogen-bond acceptors (Lipinski definition) is 10. The number of carbonyl (C=O) groups is 4. The minimum atomic E-state index is -0.000182. The fourth-order valence-electron chi connectivity index (χ4n) is 3.42. The number of carbonyl (C=O) groups excluding carboxylic acids is 4. The van der Waals surface area contributed by atoms with Crippen molar-refractivity contribution in [3.05, 3.63) is 144 Å². The van der Waals surface area contributed by atoms with Gasteiger partial charge >= 0.3 is 42.1 Å². The first kappa shape index (κ1) is 40.5. The van der Waals surface area contributed by atoms with Crippen molar-refractivity contribution in [2.24, 2.45) is 0 Å². The third-order valence-electron chi connectivity index (χ3n) is 5.53. The molecule has 0 unspecified atom stereocenters. The summed E-state index contributed by atoms with van der Waals surface area (Å²) in [6.07, 6.45) is 34.2. The summed E-state index contributed by atoms with van der Waals surface area (Å²) in [4.78, 5) is 45.7. The molecule has 10 nitrogen and oxygen atoms in total. The van der Waals surface area contributed by atoms with Gasteiger partial charge in [0.25, 0.3) is 0 Å². The molecule has 0 aromatic rings. The van der Waals surface area contributed by atoms with E-state index in [2.05, 4.69) is 21.3 Å². The van der Waals surface area contributed by atoms with Crippen molar-refractivity contribution in [2.75, 3.05) is 26.2 Å². The van der Waals surface area contributed by atoms with Crippen LogP contribution in [0.1, 0.15) is 0 Å². The molecule has 4 aliphatic rings. The molecule has 0 saturated carbocycles. The maximum atomic E-state index is 11.4. The molecule has 4 rings (SSSR count). The molecule has 45 heavy (non-hydrogen) atoms. The van der Waals surface area contributed by atoms with Crippen LogP contribution in [0.25, 0.3) is 0 Å². The summed E-state index contributed by atoms with van der Waals surface area (Å²) in [7, 11) is 0. The van der Waals surface area contributed by atoms with Crippen molar-refractivity contribution in [1.29, 1.82) is 0 Å². The van der Waals surface area contributed by atoms with Gasteiger partial charge in [0, 0.05) is 73.3 Å². The van der Waals surface area contributed by atoms with Gasteiger partial charge in [-0.3, -0.25) is 23.9 Å². The molecule has 13 heteroatoms. The van der Waals surface area contributed by atoms with E-state index >= 15 is 0 Å². The zero-order valence-electron chi connectivity index (χ0n) is 24.1. The minimum absolute atomic E-state index is 0. The Morgan fingerprint density at radius 3 is 0.733 bits per heavy atom. The molecule has 0 aromatic carbocycles. The van der Waals surface area contributed by atoms with E-state index in [0.717, 1.165) is 34.7 Å². The normalized spacial score (nSPS) is 18.8. The van der Waals surface area contributed by atoms with Gasteiger partial charge in [0.2, 0.25) is 0 Å². The van der Waals surface area contributed by atoms with Crippen LogP contribution in [0.2, 0.25) is 0 Å². The van der Waals surface area contributed by atoms with E-state index in [4.69, 9.17) is 7.35 Å². The van der Waals surface area contributed by atoms with Crippen LogP contribution in [0.3, 0.4) is 0 Å². The van der Waals surface area contributed by atoms with Crippen molar-refractivity contribution in [3.8, 4) is 0 Å². The van der Waals surface area contributed by atoms with E-state index < -0.39 is 0 Å². The van der Waals surface area contributed by atoms with Crippen LogP contribution in [0.5, 0.6) is 0 Å². The second-order valence-corrected chi connectivity index (χ2v) is 8.55. The Morgan fingerprint density at radius 2 is 0.556 bits per heavy atom. The molecular formula is C32H33FN4O6V2. The van der Waals surface area contributed by atoms with Gasteiger partial charge in [-0.05, 0) is 48.6 Å². The zero-order chi connectivity index (χ0) is 32.4. The number of nitrogens with one attached hydrogen (secondary N) is 4. The van der Waals surface area contributed by atoms with Gasteiger partial charge in [0.15, 0.2) is 23.1 Å². The Labute approximate surface area is 279 Å². The first-order chi connectivity index (χ1) is 21.5. The maximum absolute atomic E-state index is 11.4. The number of ketones is 4. The van der Waals surface area contributed by atoms with E-state index in [9.17, 15) is 19.2 Å². The summed E-state index contributed by atoms with van der Waals surface area (Å²) < 4.78 is 16.4. The monoisotopic (exact) mass is 690 g/mol. The van der Waals surface area contributed by atoms with E-state index in [0.29, 0.717) is 48.5 Å². The Hall–Kier alpha value is -4.54. The van der Waals surface area contributed by atoms with Gasteiger partial charge < -0.3 is 21.3 Å². The van der Waals surface area contributed by atoms with Gasteiger partial charge in [-0.15, -0.1) is 0 Å². The summed E-state index contributed by atoms with van der Waals surface area (Å²) in [6.45, 7) is 2.63. The average molecular weight is 691 g/mol. The predicted octanol–water partition coefficient (Wildman–Crippen LogP) is 2.56. The first-order valence-electron chi connectivity index (χ1n) is 13.2. The molecule has 0 saturated heterocycles. The summed E-state index contributed by atoms with van der Waals surface area (Å²) in [6, 6.07) is 0. The van der Waals surface area contributed by atoms with Crippen molar-refractivity contribution in [2.45, 2.75) is 0 Å². The van der Waals surface area contributed by atoms with Crippen LogP contribution >= 0.6 is 0 Å². The fourth-order valence-corrected chi connectivity index (χ4v) is 3.42. The van der Waals surface area contributed by atoms with Gasteiger partial charge in [-0.2, -0.15) is 0 Å². The van der Waals surface area contributed by atoms with Gasteiger partial charge in [0.05, 0.1) is 0 Å². The van der Waals surface area contributed by atoms with Crippen LogP contribution in [-0.4, -0.2) is 49.3 Å². The molecule has 0 fully saturated rings. The van der Waals surface area contributed by atoms with Crippen molar-refractivity contribution in [1.82, 2.24) is 21.3 Å². The van der Waals surface area contributed by atoms with E-state index in [-0.39, 0.29) is 27.8 Å². The number of allylic oxidation sites excluding steroid dienone is 20. The number of hydrogen-bond donors (Lipinski definition) is 4. The Morgan fingerprint density at radius 1 is 0.378 bits per heavy atom. The SMILES string of the molecule is F.O=C1C=CC=CC1=CNCCNC=C1C=CC=CC1=O.O=C1C=CC=CC1=CNCCNC=C1C=CC=CC1=O.[O]=[V].[O]=[V]. The second-order valence-electron chi connectivity index (χ2n) is 8.55. The molecule has 0 amide bonds. The molecule has 4 aliphatic carbocycles. The molecule has 0 atom stereocenters. The van der Waals surface area contributed by atoms with E-state index in [1.54, 1.807) is 73.4 Å². The molecular weight excluding hydrogens is 657 g/mol. The summed E-state index contributed by atoms with van der Waals surface area (Å²) >= 11 is 2.12. The van der Waals surface area contributed by atoms with Crippen LogP contribution in [0.4, 0.5) is 4.70 Å². The quantitative estimate of drug-likeness (QED) is 0.199. The summed E-state index contributed by atoms with van der Waals surface area (Å²) in [5.41, 5.74) is 2.56. The Kier molecular flexibility index (Phi) is 23.3. The molecule has 0 aliphatic heterocycles. The van der Waals surface area contributed by atoms with Crippen LogP contribution in [0.15, 0.2) is 144 Å². The zero-order valence-corrected chi connectivity index (χ0v) is 26.9. The van der Waals surface area contributed by atoms with Gasteiger partial charge in [-0.25, -0.2) is 0 Å². The average Bonchev–Trinajstić information content (AvgIpc) is 3.06. The van der Waals surface area contributed by atoms with Crippen LogP contribution < -0.4 is 21.3 Å². The molecule has 234 valence electrons. The Balaban J connectivity index is 0.000000760. The topological polar surface area (TPSA) is 151 Å². The van der Waals surface area contributed by atoms with E-state index in [1.165, 1.54) is 24.3 Å². The molecule has 0 heterocycles. The van der Waals surface area contributed by atoms with Gasteiger partial charge in [0.1, 0.15) is 0 Å². The summed E-state index contributed by atoms with van der Waals surface area (Å²) in [5.74, 6) is -0.000726. The molecule has 0 bridgehead atoms. The van der Waals surface area contributed by atoms with E-state index in [1.807, 2.05) is 24.3 Å². The Bertz CT molecular complexity index is 1210. The molecule has 0 spiro atoms. The number of halogens is 1. The third-order valence-corrected chi connectivity index (χ3v) is 5.53. The third kappa shape index (κ3) is 16.8. The van der Waals surface area contributed by atoms with Gasteiger partial charge in [-0.1, -0.05) is 48.6 Å². The van der Waals surface area contributed by atoms with Crippen molar-refractivity contribution < 1.29 is 66.0 Å². The molecule has 4 N–H and O–H groups in total. The second kappa shape index (κ2) is 25.9. The van der Waals surface area contributed by atoms with Crippen LogP contribution in [-0.2, 0) is 61.3 Å². The van der Waals surface area contributed by atoms with Crippen molar-refractivity contribution in [3.63, 3.8) is 0 Å². The molecule has 0 radical (unpaired) electrons. The first-order valence-corrected chi connectivity index (χ1v) is 14.4. The van der Waals surface area contributed by atoms with Crippen LogP contribution in [0, 0.1) is 0 Å². The summed E-state index contributed by atoms with van der Waals surface area (Å²) in [5, 5.41) is 12.2. The van der Waals surface area contributed by atoms with Crippen molar-refractivity contribution >= 4 is 23.1 Å². The molecule has 0 aromatic heterocycles. The predicted molar refractivity (Wildman–Crippen MR) is 161 cm³/mol. The standard InChI is InChI=1S/2C16H16N2O2.FH.2O.2V/c2*19-15-7-3-1-5-13(15)11-17-9-10-18-12-14-6-2-4-8-16(14)20;;;;;/h2*1-8,11-12,17-18H,9-10H2;1H;;;;.